The van der Waals surface area contributed by atoms with Crippen molar-refractivity contribution in [2.24, 2.45) is 0 Å². The van der Waals surface area contributed by atoms with Gasteiger partial charge in [-0.2, -0.15) is 0 Å². The fourth-order valence-electron chi connectivity index (χ4n) is 4.16. The highest BCUT2D eigenvalue weighted by Crippen LogP contribution is 2.44. The molecular formula is C26H17BrClNO6. The van der Waals surface area contributed by atoms with Gasteiger partial charge >= 0.3 is 0 Å². The van der Waals surface area contributed by atoms with E-state index in [0.717, 1.165) is 4.47 Å². The number of aliphatic hydroxyl groups excluding tert-OH is 1. The molecule has 0 spiro atoms. The van der Waals surface area contributed by atoms with Crippen molar-refractivity contribution in [2.75, 3.05) is 12.0 Å². The van der Waals surface area contributed by atoms with E-state index >= 15 is 0 Å². The first-order valence-electron chi connectivity index (χ1n) is 10.4. The molecule has 5 rings (SSSR count). The second-order valence-corrected chi connectivity index (χ2v) is 9.22. The zero-order valence-corrected chi connectivity index (χ0v) is 20.5. The Kier molecular flexibility index (Phi) is 5.78. The van der Waals surface area contributed by atoms with E-state index in [1.54, 1.807) is 54.6 Å². The number of fused-ring (bicyclic) bond motifs is 1. The van der Waals surface area contributed by atoms with Gasteiger partial charge in [0, 0.05) is 20.6 Å². The van der Waals surface area contributed by atoms with E-state index in [9.17, 15) is 19.8 Å². The number of rotatable bonds is 5. The van der Waals surface area contributed by atoms with Gasteiger partial charge in [0.25, 0.3) is 5.91 Å². The summed E-state index contributed by atoms with van der Waals surface area (Å²) in [6, 6.07) is 16.7. The van der Waals surface area contributed by atoms with Crippen molar-refractivity contribution < 1.29 is 29.0 Å². The van der Waals surface area contributed by atoms with Gasteiger partial charge in [-0.1, -0.05) is 33.6 Å². The van der Waals surface area contributed by atoms with Crippen LogP contribution in [0.25, 0.3) is 11.0 Å². The number of benzene rings is 3. The molecule has 4 aromatic rings. The first-order chi connectivity index (χ1) is 16.8. The fourth-order valence-corrected chi connectivity index (χ4v) is 4.66. The predicted molar refractivity (Wildman–Crippen MR) is 134 cm³/mol. The zero-order valence-electron chi connectivity index (χ0n) is 18.2. The van der Waals surface area contributed by atoms with Gasteiger partial charge in [-0.3, -0.25) is 14.5 Å². The van der Waals surface area contributed by atoms with Crippen molar-refractivity contribution >= 4 is 55.9 Å². The Morgan fingerprint density at radius 2 is 1.80 bits per heavy atom. The number of ketones is 1. The molecule has 1 unspecified atom stereocenters. The number of hydrogen-bond acceptors (Lipinski definition) is 6. The monoisotopic (exact) mass is 553 g/mol. The molecule has 35 heavy (non-hydrogen) atoms. The maximum atomic E-state index is 13.7. The molecule has 3 aromatic carbocycles. The number of phenols is 1. The summed E-state index contributed by atoms with van der Waals surface area (Å²) >= 11 is 9.41. The molecule has 176 valence electrons. The van der Waals surface area contributed by atoms with E-state index in [-0.39, 0.29) is 22.8 Å². The lowest BCUT2D eigenvalue weighted by molar-refractivity contribution is -0.117. The molecule has 1 atom stereocenters. The van der Waals surface area contributed by atoms with Crippen LogP contribution in [0.5, 0.6) is 11.5 Å². The fraction of sp³-hybridized carbons (Fsp3) is 0.0769. The van der Waals surface area contributed by atoms with Crippen molar-refractivity contribution in [2.45, 2.75) is 6.04 Å². The van der Waals surface area contributed by atoms with E-state index in [2.05, 4.69) is 15.9 Å². The van der Waals surface area contributed by atoms with Crippen LogP contribution in [0.4, 0.5) is 5.69 Å². The number of amides is 1. The number of carbonyl (C=O) groups excluding carboxylic acids is 2. The molecule has 1 aliphatic heterocycles. The number of phenolic OH excluding ortho intramolecular Hbond substituents is 1. The molecular weight excluding hydrogens is 538 g/mol. The lowest BCUT2D eigenvalue weighted by Crippen LogP contribution is -2.31. The minimum atomic E-state index is -1.05. The van der Waals surface area contributed by atoms with Gasteiger partial charge in [0.05, 0.1) is 18.7 Å². The van der Waals surface area contributed by atoms with Crippen molar-refractivity contribution in [3.05, 3.63) is 98.9 Å². The molecule has 0 fully saturated rings. The molecule has 0 bridgehead atoms. The van der Waals surface area contributed by atoms with Gasteiger partial charge in [-0.25, -0.2) is 0 Å². The number of anilines is 1. The molecule has 0 aliphatic carbocycles. The largest absolute Gasteiger partial charge is 0.504 e. The normalized spacial score (nSPS) is 15.8. The molecule has 1 aromatic heterocycles. The maximum absolute atomic E-state index is 13.7. The molecule has 1 aliphatic rings. The van der Waals surface area contributed by atoms with Crippen molar-refractivity contribution in [1.29, 1.82) is 0 Å². The summed E-state index contributed by atoms with van der Waals surface area (Å²) in [6.45, 7) is 0. The average molecular weight is 555 g/mol. The smallest absolute Gasteiger partial charge is 0.294 e. The summed E-state index contributed by atoms with van der Waals surface area (Å²) in [7, 11) is 1.41. The van der Waals surface area contributed by atoms with Gasteiger partial charge < -0.3 is 19.4 Å². The van der Waals surface area contributed by atoms with Crippen molar-refractivity contribution in [3.8, 4) is 11.5 Å². The van der Waals surface area contributed by atoms with Gasteiger partial charge in [0.2, 0.25) is 5.78 Å². The van der Waals surface area contributed by atoms with E-state index in [1.165, 1.54) is 24.1 Å². The van der Waals surface area contributed by atoms with Crippen LogP contribution < -0.4 is 9.64 Å². The Morgan fingerprint density at radius 3 is 2.49 bits per heavy atom. The second kappa shape index (κ2) is 8.79. The van der Waals surface area contributed by atoms with E-state index in [4.69, 9.17) is 20.8 Å². The highest BCUT2D eigenvalue weighted by Gasteiger charge is 2.45. The number of halogens is 2. The van der Waals surface area contributed by atoms with Crippen molar-refractivity contribution in [3.63, 3.8) is 0 Å². The number of methoxy groups -OCH3 is 1. The number of nitrogens with zero attached hydrogens (tertiary/aromatic N) is 1. The molecule has 1 amide bonds. The zero-order chi connectivity index (χ0) is 24.9. The van der Waals surface area contributed by atoms with Crippen LogP contribution in [0.1, 0.15) is 22.2 Å². The SMILES string of the molecule is COc1ccc(C2C(C(=O)c3cc4cc(Br)ccc4o3)=C(O)C(=O)N2c2ccc(Cl)cc2)cc1O. The minimum absolute atomic E-state index is 0.0341. The highest BCUT2D eigenvalue weighted by atomic mass is 79.9. The quantitative estimate of drug-likeness (QED) is 0.279. The summed E-state index contributed by atoms with van der Waals surface area (Å²) in [5.74, 6) is -2.12. The third-order valence-corrected chi connectivity index (χ3v) is 6.52. The van der Waals surface area contributed by atoms with E-state index in [1.807, 2.05) is 0 Å². The van der Waals surface area contributed by atoms with Crippen LogP contribution in [-0.4, -0.2) is 29.0 Å². The van der Waals surface area contributed by atoms with Crippen LogP contribution in [0, 0.1) is 0 Å². The van der Waals surface area contributed by atoms with Crippen LogP contribution >= 0.6 is 27.5 Å². The predicted octanol–water partition coefficient (Wildman–Crippen LogP) is 6.35. The first kappa shape index (κ1) is 23.0. The molecule has 0 radical (unpaired) electrons. The van der Waals surface area contributed by atoms with Crippen molar-refractivity contribution in [1.82, 2.24) is 0 Å². The van der Waals surface area contributed by atoms with Gasteiger partial charge in [-0.05, 0) is 66.2 Å². The van der Waals surface area contributed by atoms with E-state index < -0.39 is 23.5 Å². The molecule has 7 nitrogen and oxygen atoms in total. The average Bonchev–Trinajstić information content (AvgIpc) is 3.38. The van der Waals surface area contributed by atoms with Crippen LogP contribution in [0.3, 0.4) is 0 Å². The summed E-state index contributed by atoms with van der Waals surface area (Å²) in [6.07, 6.45) is 0. The summed E-state index contributed by atoms with van der Waals surface area (Å²) in [5, 5.41) is 22.4. The second-order valence-electron chi connectivity index (χ2n) is 7.87. The molecule has 0 saturated carbocycles. The number of carbonyl (C=O) groups is 2. The number of Topliss-reactive ketones (excluding diaryl/α,β-unsaturated/α-hetero) is 1. The number of aromatic hydroxyl groups is 1. The third-order valence-electron chi connectivity index (χ3n) is 5.78. The summed E-state index contributed by atoms with van der Waals surface area (Å²) in [4.78, 5) is 28.2. The van der Waals surface area contributed by atoms with E-state index in [0.29, 0.717) is 27.2 Å². The Morgan fingerprint density at radius 1 is 1.06 bits per heavy atom. The maximum Gasteiger partial charge on any atom is 0.294 e. The molecule has 2 N–H and O–H groups in total. The number of aliphatic hydroxyl groups is 1. The van der Waals surface area contributed by atoms with Crippen LogP contribution in [-0.2, 0) is 4.79 Å². The molecule has 2 heterocycles. The Labute approximate surface area is 212 Å². The summed E-state index contributed by atoms with van der Waals surface area (Å²) in [5.41, 5.74) is 1.10. The lowest BCUT2D eigenvalue weighted by Gasteiger charge is -2.27. The van der Waals surface area contributed by atoms with Gasteiger partial charge in [0.1, 0.15) is 5.58 Å². The molecule has 0 saturated heterocycles. The highest BCUT2D eigenvalue weighted by molar-refractivity contribution is 9.10. The molecule has 9 heteroatoms. The topological polar surface area (TPSA) is 100 Å². The third kappa shape index (κ3) is 3.94. The number of ether oxygens (including phenoxy) is 1. The summed E-state index contributed by atoms with van der Waals surface area (Å²) < 4.78 is 11.7. The Hall–Kier alpha value is -3.75. The number of hydrogen-bond donors (Lipinski definition) is 2. The minimum Gasteiger partial charge on any atom is -0.504 e. The number of furan rings is 1. The Bertz CT molecular complexity index is 1520. The van der Waals surface area contributed by atoms with Crippen LogP contribution in [0.15, 0.2) is 87.0 Å². The van der Waals surface area contributed by atoms with Gasteiger partial charge in [0.15, 0.2) is 23.0 Å². The first-order valence-corrected chi connectivity index (χ1v) is 11.6. The lowest BCUT2D eigenvalue weighted by atomic mass is 9.94. The Balaban J connectivity index is 1.67. The van der Waals surface area contributed by atoms with Gasteiger partial charge in [-0.15, -0.1) is 0 Å². The van der Waals surface area contributed by atoms with Crippen LogP contribution in [0.2, 0.25) is 5.02 Å². The standard InChI is InChI=1S/C26H17BrClNO6/c1-34-20-8-2-13(11-18(20)30)23-22(24(31)21-12-14-10-15(27)3-9-19(14)35-21)25(32)26(33)29(23)17-6-4-16(28)5-7-17/h2-12,23,30,32H,1H3.